The lowest BCUT2D eigenvalue weighted by Crippen LogP contribution is -2.67. The number of aliphatic hydroxyl groups is 7. The molecule has 0 aliphatic carbocycles. The maximum absolute atomic E-state index is 11.2. The number of nitrogens with one attached hydrogen (secondary N) is 1. The Bertz CT molecular complexity index is 478. The molecule has 8 N–H and O–H groups in total. The van der Waals surface area contributed by atoms with E-state index in [1.807, 2.05) is 0 Å². The molecule has 10 atom stereocenters. The molecule has 0 aromatic carbocycles. The van der Waals surface area contributed by atoms with Crippen molar-refractivity contribution in [2.75, 3.05) is 13.2 Å². The average Bonchev–Trinajstić information content (AvgIpc) is 2.60. The maximum Gasteiger partial charge on any atom is 0.217 e. The summed E-state index contributed by atoms with van der Waals surface area (Å²) >= 11 is 0. The first-order valence-corrected chi connectivity index (χ1v) is 8.06. The molecule has 2 rings (SSSR count). The zero-order valence-electron chi connectivity index (χ0n) is 14.0. The number of hydrogen-bond donors (Lipinski definition) is 8. The lowest BCUT2D eigenvalue weighted by atomic mass is 9.95. The van der Waals surface area contributed by atoms with Gasteiger partial charge < -0.3 is 55.3 Å². The first-order chi connectivity index (χ1) is 12.2. The minimum absolute atomic E-state index is 0.564. The molecule has 2 saturated heterocycles. The van der Waals surface area contributed by atoms with E-state index in [0.29, 0.717) is 0 Å². The van der Waals surface area contributed by atoms with Crippen LogP contribution in [0.2, 0.25) is 0 Å². The molecule has 0 radical (unpaired) electrons. The predicted octanol–water partition coefficient (Wildman–Crippen LogP) is -5.25. The molecule has 12 nitrogen and oxygen atoms in total. The van der Waals surface area contributed by atoms with Crippen molar-refractivity contribution in [1.29, 1.82) is 0 Å². The minimum Gasteiger partial charge on any atom is -0.394 e. The predicted molar refractivity (Wildman–Crippen MR) is 80.2 cm³/mol. The minimum atomic E-state index is -1.73. The van der Waals surface area contributed by atoms with Crippen molar-refractivity contribution in [1.82, 2.24) is 5.32 Å². The first-order valence-electron chi connectivity index (χ1n) is 8.06. The molecule has 0 saturated carbocycles. The van der Waals surface area contributed by atoms with Gasteiger partial charge in [-0.25, -0.2) is 0 Å². The molecule has 0 aromatic rings. The monoisotopic (exact) mass is 383 g/mol. The van der Waals surface area contributed by atoms with E-state index in [4.69, 9.17) is 14.2 Å². The quantitative estimate of drug-likeness (QED) is 0.226. The highest BCUT2D eigenvalue weighted by Crippen LogP contribution is 2.28. The van der Waals surface area contributed by atoms with Crippen LogP contribution in [-0.4, -0.2) is 116 Å². The SMILES string of the molecule is CC(=O)N[C@@H]1[C@@H](O)[C@H](O[C@@H]2O[C@H](CO)[C@@H](O)[C@H](O)[C@H]2O)[C@@H](CO)O[C@@H]1O. The van der Waals surface area contributed by atoms with Gasteiger partial charge in [-0.1, -0.05) is 0 Å². The fourth-order valence-electron chi connectivity index (χ4n) is 2.98. The number of aliphatic hydroxyl groups excluding tert-OH is 7. The van der Waals surface area contributed by atoms with E-state index in [9.17, 15) is 40.5 Å². The molecule has 2 heterocycles. The summed E-state index contributed by atoms with van der Waals surface area (Å²) in [5, 5.41) is 70.7. The van der Waals surface area contributed by atoms with Crippen LogP contribution in [0.1, 0.15) is 6.92 Å². The molecule has 2 aliphatic rings. The van der Waals surface area contributed by atoms with Gasteiger partial charge in [-0.3, -0.25) is 4.79 Å². The normalized spacial score (nSPS) is 46.8. The third-order valence-electron chi connectivity index (χ3n) is 4.38. The second-order valence-corrected chi connectivity index (χ2v) is 6.26. The van der Waals surface area contributed by atoms with E-state index in [1.165, 1.54) is 0 Å². The highest BCUT2D eigenvalue weighted by atomic mass is 16.7. The zero-order chi connectivity index (χ0) is 19.6. The zero-order valence-corrected chi connectivity index (χ0v) is 14.0. The van der Waals surface area contributed by atoms with Gasteiger partial charge in [0, 0.05) is 6.92 Å². The van der Waals surface area contributed by atoms with Crippen LogP contribution in [0.5, 0.6) is 0 Å². The summed E-state index contributed by atoms with van der Waals surface area (Å²) in [6.45, 7) is -0.195. The van der Waals surface area contributed by atoms with E-state index in [1.54, 1.807) is 0 Å². The molecular formula is C14H25NO11. The molecule has 26 heavy (non-hydrogen) atoms. The smallest absolute Gasteiger partial charge is 0.217 e. The van der Waals surface area contributed by atoms with E-state index in [-0.39, 0.29) is 0 Å². The summed E-state index contributed by atoms with van der Waals surface area (Å²) in [6.07, 6.45) is -13.6. The van der Waals surface area contributed by atoms with Gasteiger partial charge in [-0.05, 0) is 0 Å². The van der Waals surface area contributed by atoms with Crippen LogP contribution < -0.4 is 5.32 Å². The summed E-state index contributed by atoms with van der Waals surface area (Å²) in [5.74, 6) is -0.564. The number of amides is 1. The second-order valence-electron chi connectivity index (χ2n) is 6.26. The van der Waals surface area contributed by atoms with Crippen LogP contribution in [0.15, 0.2) is 0 Å². The van der Waals surface area contributed by atoms with Crippen molar-refractivity contribution in [3.05, 3.63) is 0 Å². The van der Waals surface area contributed by atoms with E-state index in [0.717, 1.165) is 6.92 Å². The summed E-state index contributed by atoms with van der Waals surface area (Å²) in [5.41, 5.74) is 0. The summed E-state index contributed by atoms with van der Waals surface area (Å²) in [7, 11) is 0. The average molecular weight is 383 g/mol. The molecule has 2 fully saturated rings. The largest absolute Gasteiger partial charge is 0.394 e. The molecule has 152 valence electrons. The maximum atomic E-state index is 11.2. The van der Waals surface area contributed by atoms with Gasteiger partial charge in [0.25, 0.3) is 0 Å². The van der Waals surface area contributed by atoms with Crippen LogP contribution >= 0.6 is 0 Å². The number of ether oxygens (including phenoxy) is 3. The Morgan fingerprint density at radius 3 is 2.08 bits per heavy atom. The molecule has 0 spiro atoms. The van der Waals surface area contributed by atoms with Crippen molar-refractivity contribution in [2.45, 2.75) is 68.3 Å². The molecule has 12 heteroatoms. The van der Waals surface area contributed by atoms with E-state index < -0.39 is 80.5 Å². The fourth-order valence-corrected chi connectivity index (χ4v) is 2.98. The molecule has 2 aliphatic heterocycles. The van der Waals surface area contributed by atoms with Crippen LogP contribution in [-0.2, 0) is 19.0 Å². The molecule has 1 amide bonds. The standard InChI is InChI=1S/C14H25NO11/c1-4(18)15-7-9(20)12(6(3-17)24-13(7)23)26-14-11(22)10(21)8(19)5(2-16)25-14/h5-14,16-17,19-23H,2-3H2,1H3,(H,15,18)/t5-,6-,7-,8-,9-,10+,11-,12-,13+,14+/m1/s1. The van der Waals surface area contributed by atoms with Crippen molar-refractivity contribution < 1.29 is 54.8 Å². The van der Waals surface area contributed by atoms with Gasteiger partial charge in [0.15, 0.2) is 12.6 Å². The van der Waals surface area contributed by atoms with Crippen molar-refractivity contribution in [2.24, 2.45) is 0 Å². The summed E-state index contributed by atoms with van der Waals surface area (Å²) in [4.78, 5) is 11.2. The van der Waals surface area contributed by atoms with Gasteiger partial charge >= 0.3 is 0 Å². The van der Waals surface area contributed by atoms with Crippen LogP contribution in [0, 0.1) is 0 Å². The molecule has 0 aromatic heterocycles. The summed E-state index contributed by atoms with van der Waals surface area (Å²) in [6, 6.07) is -1.29. The van der Waals surface area contributed by atoms with Gasteiger partial charge in [0.05, 0.1) is 13.2 Å². The Balaban J connectivity index is 2.16. The van der Waals surface area contributed by atoms with Gasteiger partial charge in [-0.15, -0.1) is 0 Å². The Labute approximate surface area is 148 Å². The highest BCUT2D eigenvalue weighted by Gasteiger charge is 2.50. The van der Waals surface area contributed by atoms with Crippen LogP contribution in [0.4, 0.5) is 0 Å². The highest BCUT2D eigenvalue weighted by molar-refractivity contribution is 5.73. The number of hydrogen-bond acceptors (Lipinski definition) is 11. The second kappa shape index (κ2) is 8.84. The fraction of sp³-hybridized carbons (Fsp3) is 0.929. The van der Waals surface area contributed by atoms with E-state index >= 15 is 0 Å². The van der Waals surface area contributed by atoms with Crippen molar-refractivity contribution in [3.63, 3.8) is 0 Å². The number of carbonyl (C=O) groups excluding carboxylic acids is 1. The van der Waals surface area contributed by atoms with Crippen molar-refractivity contribution in [3.8, 4) is 0 Å². The number of carbonyl (C=O) groups is 1. The Kier molecular flexibility index (Phi) is 7.27. The van der Waals surface area contributed by atoms with Crippen LogP contribution in [0.25, 0.3) is 0 Å². The molecular weight excluding hydrogens is 358 g/mol. The van der Waals surface area contributed by atoms with Crippen LogP contribution in [0.3, 0.4) is 0 Å². The first kappa shape index (κ1) is 21.4. The Hall–Kier alpha value is -0.930. The number of rotatable bonds is 5. The third-order valence-corrected chi connectivity index (χ3v) is 4.38. The van der Waals surface area contributed by atoms with Gasteiger partial charge in [0.2, 0.25) is 5.91 Å². The Morgan fingerprint density at radius 1 is 0.923 bits per heavy atom. The van der Waals surface area contributed by atoms with Gasteiger partial charge in [-0.2, -0.15) is 0 Å². The van der Waals surface area contributed by atoms with E-state index in [2.05, 4.69) is 5.32 Å². The topological polar surface area (TPSA) is 198 Å². The molecule has 0 unspecified atom stereocenters. The van der Waals surface area contributed by atoms with Gasteiger partial charge in [0.1, 0.15) is 48.8 Å². The Morgan fingerprint density at radius 2 is 1.54 bits per heavy atom. The lowest BCUT2D eigenvalue weighted by molar-refractivity contribution is -0.345. The summed E-state index contributed by atoms with van der Waals surface area (Å²) < 4.78 is 15.7. The lowest BCUT2D eigenvalue weighted by Gasteiger charge is -2.46. The molecule has 0 bridgehead atoms. The third kappa shape index (κ3) is 4.31. The van der Waals surface area contributed by atoms with Crippen molar-refractivity contribution >= 4 is 5.91 Å².